The summed E-state index contributed by atoms with van der Waals surface area (Å²) in [7, 11) is 0. The molecule has 1 fully saturated rings. The first-order valence-electron chi connectivity index (χ1n) is 8.43. The molecule has 1 saturated carbocycles. The summed E-state index contributed by atoms with van der Waals surface area (Å²) in [5.41, 5.74) is 0.549. The molecule has 1 nitrogen and oxygen atoms in total. The SMILES string of the molecule is CCCCCN(CC1(CBr)CCCCCC1)C(C)C. The van der Waals surface area contributed by atoms with E-state index in [0.29, 0.717) is 11.5 Å². The van der Waals surface area contributed by atoms with Gasteiger partial charge in [-0.05, 0) is 45.1 Å². The molecule has 0 aromatic heterocycles. The number of nitrogens with zero attached hydrogens (tertiary/aromatic N) is 1. The molecule has 114 valence electrons. The van der Waals surface area contributed by atoms with E-state index in [0.717, 1.165) is 0 Å². The number of rotatable bonds is 8. The molecule has 1 aliphatic carbocycles. The summed E-state index contributed by atoms with van der Waals surface area (Å²) in [6.07, 6.45) is 12.7. The molecule has 0 amide bonds. The molecule has 0 spiro atoms. The monoisotopic (exact) mass is 331 g/mol. The van der Waals surface area contributed by atoms with Gasteiger partial charge in [0.2, 0.25) is 0 Å². The van der Waals surface area contributed by atoms with Gasteiger partial charge in [-0.2, -0.15) is 0 Å². The van der Waals surface area contributed by atoms with Crippen molar-refractivity contribution >= 4 is 15.9 Å². The molecule has 2 heteroatoms. The molecule has 0 N–H and O–H groups in total. The third-order valence-electron chi connectivity index (χ3n) is 4.77. The van der Waals surface area contributed by atoms with Crippen molar-refractivity contribution in [2.75, 3.05) is 18.4 Å². The highest BCUT2D eigenvalue weighted by Crippen LogP contribution is 2.37. The Hall–Kier alpha value is 0.440. The van der Waals surface area contributed by atoms with Crippen LogP contribution in [0.15, 0.2) is 0 Å². The summed E-state index contributed by atoms with van der Waals surface area (Å²) in [6.45, 7) is 9.63. The fourth-order valence-corrected chi connectivity index (χ4v) is 4.07. The van der Waals surface area contributed by atoms with Crippen molar-refractivity contribution in [1.82, 2.24) is 4.90 Å². The van der Waals surface area contributed by atoms with Gasteiger partial charge in [-0.25, -0.2) is 0 Å². The van der Waals surface area contributed by atoms with Crippen molar-refractivity contribution in [2.45, 2.75) is 84.6 Å². The molecular formula is C17H34BrN. The molecule has 0 radical (unpaired) electrons. The van der Waals surface area contributed by atoms with Crippen LogP contribution >= 0.6 is 15.9 Å². The molecule has 19 heavy (non-hydrogen) atoms. The van der Waals surface area contributed by atoms with Crippen molar-refractivity contribution in [2.24, 2.45) is 5.41 Å². The minimum Gasteiger partial charge on any atom is -0.300 e. The van der Waals surface area contributed by atoms with Crippen LogP contribution in [0.2, 0.25) is 0 Å². The lowest BCUT2D eigenvalue weighted by molar-refractivity contribution is 0.121. The van der Waals surface area contributed by atoms with Crippen molar-refractivity contribution in [1.29, 1.82) is 0 Å². The Balaban J connectivity index is 2.57. The molecule has 0 aromatic carbocycles. The number of unbranched alkanes of at least 4 members (excludes halogenated alkanes) is 2. The minimum atomic E-state index is 0.549. The third kappa shape index (κ3) is 6.16. The van der Waals surface area contributed by atoms with Crippen molar-refractivity contribution < 1.29 is 0 Å². The summed E-state index contributed by atoms with van der Waals surface area (Å²) >= 11 is 3.84. The molecule has 0 aliphatic heterocycles. The first-order chi connectivity index (χ1) is 9.13. The van der Waals surface area contributed by atoms with Crippen LogP contribution in [0.4, 0.5) is 0 Å². The van der Waals surface area contributed by atoms with Gasteiger partial charge in [-0.1, -0.05) is 61.4 Å². The van der Waals surface area contributed by atoms with Gasteiger partial charge in [0.1, 0.15) is 0 Å². The molecule has 0 unspecified atom stereocenters. The maximum Gasteiger partial charge on any atom is 0.0100 e. The maximum absolute atomic E-state index is 3.84. The molecule has 0 bridgehead atoms. The van der Waals surface area contributed by atoms with Crippen molar-refractivity contribution in [3.63, 3.8) is 0 Å². The van der Waals surface area contributed by atoms with Crippen LogP contribution in [0, 0.1) is 5.41 Å². The highest BCUT2D eigenvalue weighted by molar-refractivity contribution is 9.09. The van der Waals surface area contributed by atoms with E-state index < -0.39 is 0 Å². The first kappa shape index (κ1) is 17.5. The average molecular weight is 332 g/mol. The molecule has 0 atom stereocenters. The fourth-order valence-electron chi connectivity index (χ4n) is 3.33. The second-order valence-electron chi connectivity index (χ2n) is 6.82. The standard InChI is InChI=1S/C17H34BrN/c1-4-5-10-13-19(16(2)3)15-17(14-18)11-8-6-7-9-12-17/h16H,4-15H2,1-3H3. The topological polar surface area (TPSA) is 3.24 Å². The molecular weight excluding hydrogens is 298 g/mol. The highest BCUT2D eigenvalue weighted by atomic mass is 79.9. The van der Waals surface area contributed by atoms with Gasteiger partial charge in [-0.3, -0.25) is 0 Å². The summed E-state index contributed by atoms with van der Waals surface area (Å²) in [5.74, 6) is 0. The Bertz CT molecular complexity index is 219. The first-order valence-corrected chi connectivity index (χ1v) is 9.56. The van der Waals surface area contributed by atoms with E-state index in [4.69, 9.17) is 0 Å². The van der Waals surface area contributed by atoms with Crippen LogP contribution in [0.5, 0.6) is 0 Å². The fraction of sp³-hybridized carbons (Fsp3) is 1.00. The predicted molar refractivity (Wildman–Crippen MR) is 90.2 cm³/mol. The van der Waals surface area contributed by atoms with E-state index in [1.807, 2.05) is 0 Å². The summed E-state index contributed by atoms with van der Waals surface area (Å²) in [5, 5.41) is 1.19. The Morgan fingerprint density at radius 2 is 1.68 bits per heavy atom. The molecule has 1 rings (SSSR count). The summed E-state index contributed by atoms with van der Waals surface area (Å²) in [4.78, 5) is 2.74. The molecule has 0 heterocycles. The normalized spacial score (nSPS) is 19.9. The third-order valence-corrected chi connectivity index (χ3v) is 5.95. The van der Waals surface area contributed by atoms with E-state index in [1.165, 1.54) is 76.2 Å². The lowest BCUT2D eigenvalue weighted by atomic mass is 9.81. The van der Waals surface area contributed by atoms with E-state index in [1.54, 1.807) is 0 Å². The second-order valence-corrected chi connectivity index (χ2v) is 7.38. The predicted octanol–water partition coefficient (Wildman–Crippen LogP) is 5.62. The van der Waals surface area contributed by atoms with Gasteiger partial charge in [0, 0.05) is 17.9 Å². The largest absolute Gasteiger partial charge is 0.300 e. The molecule has 1 aliphatic rings. The second kappa shape index (κ2) is 9.39. The Kier molecular flexibility index (Phi) is 8.64. The van der Waals surface area contributed by atoms with E-state index >= 15 is 0 Å². The maximum atomic E-state index is 3.84. The summed E-state index contributed by atoms with van der Waals surface area (Å²) < 4.78 is 0. The number of hydrogen-bond acceptors (Lipinski definition) is 1. The Labute approximate surface area is 129 Å². The Morgan fingerprint density at radius 3 is 2.16 bits per heavy atom. The number of alkyl halides is 1. The van der Waals surface area contributed by atoms with Crippen LogP contribution in [0.1, 0.15) is 78.6 Å². The van der Waals surface area contributed by atoms with Gasteiger partial charge in [-0.15, -0.1) is 0 Å². The number of halogens is 1. The number of hydrogen-bond donors (Lipinski definition) is 0. The van der Waals surface area contributed by atoms with E-state index in [9.17, 15) is 0 Å². The molecule has 0 aromatic rings. The van der Waals surface area contributed by atoms with E-state index in [-0.39, 0.29) is 0 Å². The van der Waals surface area contributed by atoms with Crippen LogP contribution in [0.25, 0.3) is 0 Å². The van der Waals surface area contributed by atoms with Gasteiger partial charge in [0.15, 0.2) is 0 Å². The quantitative estimate of drug-likeness (QED) is 0.317. The van der Waals surface area contributed by atoms with Gasteiger partial charge in [0.05, 0.1) is 0 Å². The smallest absolute Gasteiger partial charge is 0.0100 e. The minimum absolute atomic E-state index is 0.549. The molecule has 0 saturated heterocycles. The van der Waals surface area contributed by atoms with Crippen molar-refractivity contribution in [3.05, 3.63) is 0 Å². The van der Waals surface area contributed by atoms with Crippen LogP contribution in [0.3, 0.4) is 0 Å². The van der Waals surface area contributed by atoms with Gasteiger partial charge < -0.3 is 4.90 Å². The van der Waals surface area contributed by atoms with E-state index in [2.05, 4.69) is 41.6 Å². The van der Waals surface area contributed by atoms with Crippen LogP contribution in [-0.4, -0.2) is 29.4 Å². The highest BCUT2D eigenvalue weighted by Gasteiger charge is 2.32. The zero-order valence-electron chi connectivity index (χ0n) is 13.4. The zero-order valence-corrected chi connectivity index (χ0v) is 15.0. The van der Waals surface area contributed by atoms with Gasteiger partial charge >= 0.3 is 0 Å². The Morgan fingerprint density at radius 1 is 1.05 bits per heavy atom. The van der Waals surface area contributed by atoms with Crippen molar-refractivity contribution in [3.8, 4) is 0 Å². The summed E-state index contributed by atoms with van der Waals surface area (Å²) in [6, 6.07) is 0.691. The lowest BCUT2D eigenvalue weighted by Gasteiger charge is -2.39. The lowest BCUT2D eigenvalue weighted by Crippen LogP contribution is -2.42. The zero-order chi connectivity index (χ0) is 14.1. The van der Waals surface area contributed by atoms with Crippen LogP contribution < -0.4 is 0 Å². The average Bonchev–Trinajstić information content (AvgIpc) is 2.64. The van der Waals surface area contributed by atoms with Gasteiger partial charge in [0.25, 0.3) is 0 Å². The van der Waals surface area contributed by atoms with Crippen LogP contribution in [-0.2, 0) is 0 Å².